The molecule has 2 aliphatic heterocycles. The molecule has 0 spiro atoms. The van der Waals surface area contributed by atoms with Gasteiger partial charge in [0.15, 0.2) is 0 Å². The van der Waals surface area contributed by atoms with Crippen LogP contribution in [-0.2, 0) is 20.1 Å². The topological polar surface area (TPSA) is 85.7 Å². The van der Waals surface area contributed by atoms with Crippen molar-refractivity contribution >= 4 is 29.1 Å². The number of nitrogens with zero attached hydrogens (tertiary/aromatic N) is 5. The SMILES string of the molecule is Cc1ccc2c(c1)Nc1c(cnn1C)CN2C(=O)c1ccc(CNC(=O)N2CCN(CC(C)(C)C)CC2)c(C)c1. The normalized spacial score (nSPS) is 15.7. The van der Waals surface area contributed by atoms with E-state index in [0.29, 0.717) is 18.7 Å². The molecule has 3 aromatic rings. The van der Waals surface area contributed by atoms with Crippen molar-refractivity contribution in [1.29, 1.82) is 0 Å². The molecule has 0 atom stereocenters. The van der Waals surface area contributed by atoms with Crippen molar-refractivity contribution in [3.63, 3.8) is 0 Å². The number of amides is 3. The number of rotatable bonds is 4. The second-order valence-corrected chi connectivity index (χ2v) is 12.3. The minimum atomic E-state index is -0.0737. The molecule has 0 unspecified atom stereocenters. The fourth-order valence-corrected chi connectivity index (χ4v) is 5.56. The number of carbonyl (C=O) groups is 2. The first kappa shape index (κ1) is 27.7. The highest BCUT2D eigenvalue weighted by Gasteiger charge is 2.28. The van der Waals surface area contributed by atoms with Crippen molar-refractivity contribution in [3.8, 4) is 0 Å². The number of aromatic nitrogens is 2. The van der Waals surface area contributed by atoms with E-state index in [0.717, 1.165) is 72.2 Å². The zero-order valence-electron chi connectivity index (χ0n) is 24.5. The highest BCUT2D eigenvalue weighted by Crippen LogP contribution is 2.37. The first-order chi connectivity index (χ1) is 19.0. The summed E-state index contributed by atoms with van der Waals surface area (Å²) >= 11 is 0. The fraction of sp³-hybridized carbons (Fsp3) is 0.452. The zero-order chi connectivity index (χ0) is 28.6. The Labute approximate surface area is 237 Å². The molecule has 1 saturated heterocycles. The number of fused-ring (bicyclic) bond motifs is 2. The van der Waals surface area contributed by atoms with Crippen LogP contribution in [0.1, 0.15) is 53.4 Å². The largest absolute Gasteiger partial charge is 0.338 e. The monoisotopic (exact) mass is 543 g/mol. The molecular weight excluding hydrogens is 502 g/mol. The molecule has 9 heteroatoms. The van der Waals surface area contributed by atoms with Gasteiger partial charge in [-0.25, -0.2) is 4.79 Å². The maximum Gasteiger partial charge on any atom is 0.317 e. The number of benzene rings is 2. The lowest BCUT2D eigenvalue weighted by molar-refractivity contribution is 0.0985. The third kappa shape index (κ3) is 5.99. The molecule has 9 nitrogen and oxygen atoms in total. The van der Waals surface area contributed by atoms with Gasteiger partial charge in [-0.15, -0.1) is 0 Å². The Morgan fingerprint density at radius 2 is 1.77 bits per heavy atom. The molecule has 1 fully saturated rings. The van der Waals surface area contributed by atoms with Crippen LogP contribution in [0, 0.1) is 19.3 Å². The number of nitrogens with one attached hydrogen (secondary N) is 2. The summed E-state index contributed by atoms with van der Waals surface area (Å²) in [5.74, 6) is 0.815. The summed E-state index contributed by atoms with van der Waals surface area (Å²) in [6, 6.07) is 11.8. The molecule has 0 aliphatic carbocycles. The molecule has 0 radical (unpaired) electrons. The summed E-state index contributed by atoms with van der Waals surface area (Å²) < 4.78 is 1.80. The average molecular weight is 544 g/mol. The van der Waals surface area contributed by atoms with Gasteiger partial charge in [0, 0.05) is 57.4 Å². The molecule has 0 saturated carbocycles. The number of urea groups is 1. The van der Waals surface area contributed by atoms with Gasteiger partial charge in [-0.3, -0.25) is 14.4 Å². The maximum absolute atomic E-state index is 13.9. The molecule has 1 aromatic heterocycles. The maximum atomic E-state index is 13.9. The van der Waals surface area contributed by atoms with Crippen LogP contribution in [0.4, 0.5) is 22.0 Å². The van der Waals surface area contributed by atoms with E-state index >= 15 is 0 Å². The Morgan fingerprint density at radius 3 is 2.48 bits per heavy atom. The van der Waals surface area contributed by atoms with Gasteiger partial charge in [0.2, 0.25) is 0 Å². The van der Waals surface area contributed by atoms with Crippen LogP contribution in [0.2, 0.25) is 0 Å². The van der Waals surface area contributed by atoms with Gasteiger partial charge in [-0.1, -0.05) is 32.9 Å². The lowest BCUT2D eigenvalue weighted by Gasteiger charge is -2.37. The van der Waals surface area contributed by atoms with Crippen LogP contribution >= 0.6 is 0 Å². The van der Waals surface area contributed by atoms with Gasteiger partial charge in [-0.2, -0.15) is 5.10 Å². The summed E-state index contributed by atoms with van der Waals surface area (Å²) in [6.07, 6.45) is 1.81. The standard InChI is InChI=1S/C31H41N7O2/c1-21-7-10-27-26(15-21)34-28-25(18-33-35(28)6)19-38(27)29(39)23-8-9-24(22(2)16-23)17-32-30(40)37-13-11-36(12-14-37)20-31(3,4)5/h7-10,15-16,18,34H,11-14,17,19-20H2,1-6H3,(H,32,40). The Kier molecular flexibility index (Phi) is 7.59. The van der Waals surface area contributed by atoms with Crippen molar-refractivity contribution in [2.24, 2.45) is 12.5 Å². The number of piperazine rings is 1. The number of hydrogen-bond acceptors (Lipinski definition) is 5. The van der Waals surface area contributed by atoms with Crippen LogP contribution in [0.15, 0.2) is 42.6 Å². The Bertz CT molecular complexity index is 1410. The third-order valence-corrected chi connectivity index (χ3v) is 7.66. The minimum Gasteiger partial charge on any atom is -0.338 e. The molecule has 212 valence electrons. The first-order valence-corrected chi connectivity index (χ1v) is 14.0. The van der Waals surface area contributed by atoms with E-state index < -0.39 is 0 Å². The molecule has 3 heterocycles. The number of carbonyl (C=O) groups excluding carboxylic acids is 2. The lowest BCUT2D eigenvalue weighted by Crippen LogP contribution is -2.52. The van der Waals surface area contributed by atoms with Crippen LogP contribution in [-0.4, -0.2) is 64.2 Å². The highest BCUT2D eigenvalue weighted by atomic mass is 16.2. The quantitative estimate of drug-likeness (QED) is 0.493. The molecule has 2 aromatic carbocycles. The van der Waals surface area contributed by atoms with Crippen molar-refractivity contribution < 1.29 is 9.59 Å². The number of anilines is 3. The van der Waals surface area contributed by atoms with Crippen LogP contribution < -0.4 is 15.5 Å². The summed E-state index contributed by atoms with van der Waals surface area (Å²) in [6.45, 7) is 15.9. The number of hydrogen-bond donors (Lipinski definition) is 2. The summed E-state index contributed by atoms with van der Waals surface area (Å²) in [5.41, 5.74) is 6.62. The fourth-order valence-electron chi connectivity index (χ4n) is 5.56. The van der Waals surface area contributed by atoms with Gasteiger partial charge in [0.1, 0.15) is 5.82 Å². The summed E-state index contributed by atoms with van der Waals surface area (Å²) in [5, 5.41) is 10.9. The Morgan fingerprint density at radius 1 is 1.02 bits per heavy atom. The van der Waals surface area contributed by atoms with Crippen molar-refractivity contribution in [2.45, 2.75) is 47.7 Å². The summed E-state index contributed by atoms with van der Waals surface area (Å²) in [7, 11) is 1.90. The first-order valence-electron chi connectivity index (χ1n) is 14.0. The smallest absolute Gasteiger partial charge is 0.317 e. The van der Waals surface area contributed by atoms with E-state index in [9.17, 15) is 9.59 Å². The second-order valence-electron chi connectivity index (χ2n) is 12.3. The van der Waals surface area contributed by atoms with E-state index in [1.807, 2.05) is 67.2 Å². The van der Waals surface area contributed by atoms with E-state index in [1.165, 1.54) is 0 Å². The van der Waals surface area contributed by atoms with Gasteiger partial charge in [0.25, 0.3) is 5.91 Å². The second kappa shape index (κ2) is 11.0. The minimum absolute atomic E-state index is 0.0359. The van der Waals surface area contributed by atoms with Gasteiger partial charge < -0.3 is 20.4 Å². The van der Waals surface area contributed by atoms with Crippen LogP contribution in [0.5, 0.6) is 0 Å². The van der Waals surface area contributed by atoms with Gasteiger partial charge >= 0.3 is 6.03 Å². The van der Waals surface area contributed by atoms with Gasteiger partial charge in [0.05, 0.1) is 24.1 Å². The molecule has 40 heavy (non-hydrogen) atoms. The molecule has 0 bridgehead atoms. The van der Waals surface area contributed by atoms with Crippen molar-refractivity contribution in [2.75, 3.05) is 42.9 Å². The van der Waals surface area contributed by atoms with Crippen LogP contribution in [0.25, 0.3) is 0 Å². The van der Waals surface area contributed by atoms with Gasteiger partial charge in [-0.05, 0) is 60.2 Å². The van der Waals surface area contributed by atoms with Crippen LogP contribution in [0.3, 0.4) is 0 Å². The van der Waals surface area contributed by atoms with E-state index in [-0.39, 0.29) is 17.4 Å². The molecule has 2 aliphatic rings. The van der Waals surface area contributed by atoms with E-state index in [1.54, 1.807) is 4.68 Å². The number of aryl methyl sites for hydroxylation is 3. The predicted octanol–water partition coefficient (Wildman–Crippen LogP) is 4.81. The molecule has 5 rings (SSSR count). The molecular formula is C31H41N7O2. The lowest BCUT2D eigenvalue weighted by atomic mass is 9.96. The predicted molar refractivity (Wildman–Crippen MR) is 159 cm³/mol. The highest BCUT2D eigenvalue weighted by molar-refractivity contribution is 6.08. The zero-order valence-corrected chi connectivity index (χ0v) is 24.5. The Balaban J connectivity index is 1.26. The molecule has 3 amide bonds. The van der Waals surface area contributed by atoms with E-state index in [4.69, 9.17) is 0 Å². The third-order valence-electron chi connectivity index (χ3n) is 7.66. The van der Waals surface area contributed by atoms with Crippen molar-refractivity contribution in [1.82, 2.24) is 24.9 Å². The Hall–Kier alpha value is -3.85. The van der Waals surface area contributed by atoms with E-state index in [2.05, 4.69) is 47.5 Å². The molecule has 2 N–H and O–H groups in total. The van der Waals surface area contributed by atoms with Crippen molar-refractivity contribution in [3.05, 3.63) is 70.4 Å². The average Bonchev–Trinajstić information content (AvgIpc) is 3.15. The summed E-state index contributed by atoms with van der Waals surface area (Å²) in [4.78, 5) is 32.8.